The van der Waals surface area contributed by atoms with Crippen molar-refractivity contribution >= 4 is 27.5 Å². The predicted octanol–water partition coefficient (Wildman–Crippen LogP) is 4.40. The fraction of sp³-hybridized carbons (Fsp3) is 0.409. The molecule has 0 bridgehead atoms. The van der Waals surface area contributed by atoms with Crippen LogP contribution in [0.1, 0.15) is 55.6 Å². The zero-order valence-electron chi connectivity index (χ0n) is 17.4. The Labute approximate surface area is 183 Å². The first-order valence-electron chi connectivity index (χ1n) is 10.1. The molecule has 6 nitrogen and oxygen atoms in total. The van der Waals surface area contributed by atoms with E-state index in [1.807, 2.05) is 45.0 Å². The molecule has 1 unspecified atom stereocenters. The van der Waals surface area contributed by atoms with Crippen molar-refractivity contribution in [3.05, 3.63) is 58.6 Å². The van der Waals surface area contributed by atoms with Crippen LogP contribution in [0.15, 0.2) is 47.4 Å². The van der Waals surface area contributed by atoms with Crippen molar-refractivity contribution in [3.8, 4) is 5.75 Å². The number of nitrogens with one attached hydrogen (secondary N) is 1. The number of rotatable bonds is 7. The molecule has 3 rings (SSSR count). The number of hydrogen-bond acceptors (Lipinski definition) is 4. The summed E-state index contributed by atoms with van der Waals surface area (Å²) in [5.41, 5.74) is 1.01. The first kappa shape index (κ1) is 22.6. The minimum absolute atomic E-state index is 0.0456. The number of ether oxygens (including phenoxy) is 1. The van der Waals surface area contributed by atoms with Gasteiger partial charge in [-0.3, -0.25) is 4.79 Å². The fourth-order valence-electron chi connectivity index (χ4n) is 3.40. The predicted molar refractivity (Wildman–Crippen MR) is 118 cm³/mol. The van der Waals surface area contributed by atoms with E-state index in [9.17, 15) is 13.2 Å². The highest BCUT2D eigenvalue weighted by Gasteiger charge is 2.28. The third kappa shape index (κ3) is 5.14. The molecule has 30 heavy (non-hydrogen) atoms. The van der Waals surface area contributed by atoms with Gasteiger partial charge in [0.2, 0.25) is 10.0 Å². The van der Waals surface area contributed by atoms with Gasteiger partial charge in [0.25, 0.3) is 5.91 Å². The molecule has 1 heterocycles. The van der Waals surface area contributed by atoms with E-state index in [0.717, 1.165) is 24.2 Å². The first-order chi connectivity index (χ1) is 14.2. The summed E-state index contributed by atoms with van der Waals surface area (Å²) in [6.45, 7) is 6.74. The molecule has 1 N–H and O–H groups in total. The SMILES string of the molecule is CC(C)Oc1cccc(C(C)NC(=O)c2cc(S(=O)(=O)N3CCCC3)ccc2Cl)c1. The number of nitrogens with zero attached hydrogens (tertiary/aromatic N) is 1. The van der Waals surface area contributed by atoms with Crippen LogP contribution < -0.4 is 10.1 Å². The second kappa shape index (κ2) is 9.37. The maximum atomic E-state index is 12.9. The second-order valence-electron chi connectivity index (χ2n) is 7.69. The van der Waals surface area contributed by atoms with Crippen LogP contribution >= 0.6 is 11.6 Å². The van der Waals surface area contributed by atoms with Crippen molar-refractivity contribution < 1.29 is 17.9 Å². The van der Waals surface area contributed by atoms with Gasteiger partial charge in [0.1, 0.15) is 5.75 Å². The van der Waals surface area contributed by atoms with E-state index in [2.05, 4.69) is 5.32 Å². The highest BCUT2D eigenvalue weighted by Crippen LogP contribution is 2.26. The Kier molecular flexibility index (Phi) is 7.06. The third-order valence-corrected chi connectivity index (χ3v) is 7.19. The Morgan fingerprint density at radius 2 is 1.80 bits per heavy atom. The van der Waals surface area contributed by atoms with Crippen molar-refractivity contribution in [2.75, 3.05) is 13.1 Å². The lowest BCUT2D eigenvalue weighted by Gasteiger charge is -2.18. The minimum Gasteiger partial charge on any atom is -0.491 e. The summed E-state index contributed by atoms with van der Waals surface area (Å²) in [6.07, 6.45) is 1.73. The van der Waals surface area contributed by atoms with Crippen LogP contribution in [0, 0.1) is 0 Å². The summed E-state index contributed by atoms with van der Waals surface area (Å²) in [5, 5.41) is 3.10. The van der Waals surface area contributed by atoms with Crippen LogP contribution in [-0.4, -0.2) is 37.8 Å². The van der Waals surface area contributed by atoms with Crippen molar-refractivity contribution in [3.63, 3.8) is 0 Å². The molecule has 1 saturated heterocycles. The van der Waals surface area contributed by atoms with Crippen molar-refractivity contribution in [2.45, 2.75) is 50.7 Å². The summed E-state index contributed by atoms with van der Waals surface area (Å²) < 4.78 is 32.8. The Balaban J connectivity index is 1.80. The lowest BCUT2D eigenvalue weighted by Crippen LogP contribution is -2.29. The smallest absolute Gasteiger partial charge is 0.253 e. The molecule has 1 fully saturated rings. The normalized spacial score (nSPS) is 15.9. The van der Waals surface area contributed by atoms with Gasteiger partial charge >= 0.3 is 0 Å². The standard InChI is InChI=1S/C22H27ClN2O4S/c1-15(2)29-18-8-6-7-17(13-18)16(3)24-22(26)20-14-19(9-10-21(20)23)30(27,28)25-11-4-5-12-25/h6-10,13-16H,4-5,11-12H2,1-3H3,(H,24,26). The van der Waals surface area contributed by atoms with E-state index >= 15 is 0 Å². The minimum atomic E-state index is -3.63. The van der Waals surface area contributed by atoms with E-state index in [1.54, 1.807) is 0 Å². The van der Waals surface area contributed by atoms with Gasteiger partial charge in [-0.15, -0.1) is 0 Å². The van der Waals surface area contributed by atoms with E-state index in [-0.39, 0.29) is 27.6 Å². The molecule has 2 aromatic rings. The van der Waals surface area contributed by atoms with E-state index < -0.39 is 15.9 Å². The molecule has 162 valence electrons. The van der Waals surface area contributed by atoms with E-state index in [1.165, 1.54) is 22.5 Å². The van der Waals surface area contributed by atoms with Gasteiger partial charge in [0.05, 0.1) is 27.6 Å². The van der Waals surface area contributed by atoms with Gasteiger partial charge in [0, 0.05) is 13.1 Å². The number of hydrogen-bond donors (Lipinski definition) is 1. The zero-order chi connectivity index (χ0) is 21.9. The topological polar surface area (TPSA) is 75.7 Å². The molecule has 0 spiro atoms. The summed E-state index contributed by atoms with van der Waals surface area (Å²) in [5.74, 6) is 0.293. The summed E-state index contributed by atoms with van der Waals surface area (Å²) in [4.78, 5) is 13.0. The zero-order valence-corrected chi connectivity index (χ0v) is 19.0. The molecule has 0 radical (unpaired) electrons. The summed E-state index contributed by atoms with van der Waals surface area (Å²) in [7, 11) is -3.63. The molecule has 1 aliphatic heterocycles. The van der Waals surface area contributed by atoms with E-state index in [0.29, 0.717) is 13.1 Å². The maximum absolute atomic E-state index is 12.9. The number of halogens is 1. The number of amides is 1. The molecule has 0 aliphatic carbocycles. The lowest BCUT2D eigenvalue weighted by atomic mass is 10.1. The van der Waals surface area contributed by atoms with Gasteiger partial charge in [-0.2, -0.15) is 4.31 Å². The Morgan fingerprint density at radius 3 is 2.47 bits per heavy atom. The molecule has 0 aromatic heterocycles. The maximum Gasteiger partial charge on any atom is 0.253 e. The van der Waals surface area contributed by atoms with Gasteiger partial charge < -0.3 is 10.1 Å². The molecule has 1 atom stereocenters. The van der Waals surface area contributed by atoms with Gasteiger partial charge in [-0.25, -0.2) is 8.42 Å². The summed E-state index contributed by atoms with van der Waals surface area (Å²) in [6, 6.07) is 11.5. The molecule has 2 aromatic carbocycles. The lowest BCUT2D eigenvalue weighted by molar-refractivity contribution is 0.0939. The van der Waals surface area contributed by atoms with Gasteiger partial charge in [-0.05, 0) is 69.5 Å². The number of sulfonamides is 1. The highest BCUT2D eigenvalue weighted by atomic mass is 35.5. The van der Waals surface area contributed by atoms with Gasteiger partial charge in [0.15, 0.2) is 0 Å². The third-order valence-electron chi connectivity index (χ3n) is 4.96. The first-order valence-corrected chi connectivity index (χ1v) is 11.9. The van der Waals surface area contributed by atoms with Crippen molar-refractivity contribution in [2.24, 2.45) is 0 Å². The summed E-state index contributed by atoms with van der Waals surface area (Å²) >= 11 is 6.22. The molecule has 0 saturated carbocycles. The molecule has 1 amide bonds. The van der Waals surface area contributed by atoms with Crippen LogP contribution in [0.5, 0.6) is 5.75 Å². The fourth-order valence-corrected chi connectivity index (χ4v) is 5.15. The molecular formula is C22H27ClN2O4S. The van der Waals surface area contributed by atoms with Crippen LogP contribution in [0.2, 0.25) is 5.02 Å². The number of carbonyl (C=O) groups is 1. The monoisotopic (exact) mass is 450 g/mol. The molecular weight excluding hydrogens is 424 g/mol. The number of benzene rings is 2. The Hall–Kier alpha value is -2.09. The quantitative estimate of drug-likeness (QED) is 0.678. The molecule has 8 heteroatoms. The average molecular weight is 451 g/mol. The van der Waals surface area contributed by atoms with Crippen LogP contribution in [0.25, 0.3) is 0 Å². The van der Waals surface area contributed by atoms with Crippen molar-refractivity contribution in [1.29, 1.82) is 0 Å². The average Bonchev–Trinajstić information content (AvgIpc) is 3.23. The molecule has 1 aliphatic rings. The Morgan fingerprint density at radius 1 is 1.10 bits per heavy atom. The van der Waals surface area contributed by atoms with Crippen LogP contribution in [-0.2, 0) is 10.0 Å². The number of carbonyl (C=O) groups excluding carboxylic acids is 1. The van der Waals surface area contributed by atoms with Crippen LogP contribution in [0.4, 0.5) is 0 Å². The largest absolute Gasteiger partial charge is 0.491 e. The Bertz CT molecular complexity index is 1020. The van der Waals surface area contributed by atoms with E-state index in [4.69, 9.17) is 16.3 Å². The van der Waals surface area contributed by atoms with Gasteiger partial charge in [-0.1, -0.05) is 23.7 Å². The highest BCUT2D eigenvalue weighted by molar-refractivity contribution is 7.89. The van der Waals surface area contributed by atoms with Crippen molar-refractivity contribution in [1.82, 2.24) is 9.62 Å². The van der Waals surface area contributed by atoms with Crippen LogP contribution in [0.3, 0.4) is 0 Å². The second-order valence-corrected chi connectivity index (χ2v) is 10.0.